The first kappa shape index (κ1) is 21.0. The predicted octanol–water partition coefficient (Wildman–Crippen LogP) is 2.89. The molecule has 1 fully saturated rings. The number of β-amino-alcohol motifs (C(OH)–C–C–N with tert-alkyl or cyclic N) is 1. The number of thiazole rings is 1. The summed E-state index contributed by atoms with van der Waals surface area (Å²) < 4.78 is 0. The molecule has 3 heterocycles. The van der Waals surface area contributed by atoms with Gasteiger partial charge in [-0.25, -0.2) is 9.97 Å². The van der Waals surface area contributed by atoms with Crippen LogP contribution >= 0.6 is 11.3 Å². The molecule has 0 bridgehead atoms. The van der Waals surface area contributed by atoms with Gasteiger partial charge in [0.1, 0.15) is 11.5 Å². The minimum Gasteiger partial charge on any atom is -0.391 e. The Kier molecular flexibility index (Phi) is 5.93. The first-order valence-corrected chi connectivity index (χ1v) is 10.7. The van der Waals surface area contributed by atoms with E-state index in [0.29, 0.717) is 18.8 Å². The molecule has 154 valence electrons. The molecule has 1 saturated heterocycles. The molecule has 2 aromatic rings. The lowest BCUT2D eigenvalue weighted by Gasteiger charge is -2.36. The summed E-state index contributed by atoms with van der Waals surface area (Å²) in [5.74, 6) is 0.722. The van der Waals surface area contributed by atoms with Crippen LogP contribution in [0.2, 0.25) is 0 Å². The standard InChI is InChI=1S/C20H31N5O2S/c1-11(2)23-17(20(4,5)6)19(27)25-9-13(26)7-15(25)18-21-8-14(24-18)16-12(3)22-10-28-16/h8,10-11,13,15,17,23,26H,7,9H2,1-6H3,(H,21,24)/t13-,15-,17-/m1/s1. The number of aromatic nitrogens is 3. The molecule has 3 rings (SSSR count). The van der Waals surface area contributed by atoms with Crippen LogP contribution in [0.15, 0.2) is 11.7 Å². The number of H-pyrrole nitrogens is 1. The number of aliphatic hydroxyl groups excluding tert-OH is 1. The fraction of sp³-hybridized carbons (Fsp3) is 0.650. The average molecular weight is 406 g/mol. The second-order valence-electron chi connectivity index (χ2n) is 8.95. The topological polar surface area (TPSA) is 94.1 Å². The summed E-state index contributed by atoms with van der Waals surface area (Å²) in [4.78, 5) is 28.5. The molecule has 1 amide bonds. The molecule has 0 aliphatic carbocycles. The maximum absolute atomic E-state index is 13.4. The van der Waals surface area contributed by atoms with Gasteiger partial charge in [0.05, 0.1) is 34.3 Å². The third-order valence-electron chi connectivity index (χ3n) is 5.07. The van der Waals surface area contributed by atoms with E-state index in [-0.39, 0.29) is 29.4 Å². The number of amides is 1. The van der Waals surface area contributed by atoms with Gasteiger partial charge in [0.15, 0.2) is 0 Å². The summed E-state index contributed by atoms with van der Waals surface area (Å²) in [6, 6.07) is -0.412. The van der Waals surface area contributed by atoms with Crippen molar-refractivity contribution in [2.75, 3.05) is 6.54 Å². The van der Waals surface area contributed by atoms with Crippen LogP contribution in [-0.4, -0.2) is 55.6 Å². The van der Waals surface area contributed by atoms with Gasteiger partial charge in [-0.2, -0.15) is 0 Å². The van der Waals surface area contributed by atoms with Gasteiger partial charge in [-0.3, -0.25) is 4.79 Å². The van der Waals surface area contributed by atoms with Crippen molar-refractivity contribution in [1.82, 2.24) is 25.2 Å². The number of imidazole rings is 1. The Labute approximate surface area is 170 Å². The van der Waals surface area contributed by atoms with Crippen LogP contribution in [0, 0.1) is 12.3 Å². The summed E-state index contributed by atoms with van der Waals surface area (Å²) in [5, 5.41) is 13.7. The predicted molar refractivity (Wildman–Crippen MR) is 111 cm³/mol. The van der Waals surface area contributed by atoms with Crippen LogP contribution in [0.5, 0.6) is 0 Å². The molecule has 0 saturated carbocycles. The zero-order chi connectivity index (χ0) is 20.6. The number of hydrogen-bond acceptors (Lipinski definition) is 6. The molecule has 0 radical (unpaired) electrons. The van der Waals surface area contributed by atoms with E-state index in [9.17, 15) is 9.90 Å². The third-order valence-corrected chi connectivity index (χ3v) is 6.02. The molecule has 1 aliphatic rings. The van der Waals surface area contributed by atoms with Crippen LogP contribution in [-0.2, 0) is 4.79 Å². The SMILES string of the molecule is Cc1ncsc1-c1c[nH]c([C@H]2C[C@@H](O)CN2C(=O)[C@@H](NC(C)C)C(C)(C)C)n1. The molecule has 0 spiro atoms. The quantitative estimate of drug-likeness (QED) is 0.711. The number of carbonyl (C=O) groups excluding carboxylic acids is 1. The third kappa shape index (κ3) is 4.29. The molecule has 2 aromatic heterocycles. The van der Waals surface area contributed by atoms with Crippen LogP contribution < -0.4 is 5.32 Å². The number of hydrogen-bond donors (Lipinski definition) is 3. The highest BCUT2D eigenvalue weighted by atomic mass is 32.1. The second kappa shape index (κ2) is 7.93. The average Bonchev–Trinajstić information content (AvgIpc) is 3.29. The molecule has 8 heteroatoms. The number of rotatable bonds is 5. The molecule has 28 heavy (non-hydrogen) atoms. The largest absolute Gasteiger partial charge is 0.391 e. The Bertz CT molecular complexity index is 823. The smallest absolute Gasteiger partial charge is 0.240 e. The normalized spacial score (nSPS) is 21.5. The maximum atomic E-state index is 13.4. The van der Waals surface area contributed by atoms with E-state index in [4.69, 9.17) is 4.98 Å². The summed E-state index contributed by atoms with van der Waals surface area (Å²) in [7, 11) is 0. The van der Waals surface area contributed by atoms with Gasteiger partial charge >= 0.3 is 0 Å². The van der Waals surface area contributed by atoms with Crippen molar-refractivity contribution in [1.29, 1.82) is 0 Å². The molecular formula is C20H31N5O2S. The Morgan fingerprint density at radius 1 is 1.43 bits per heavy atom. The zero-order valence-electron chi connectivity index (χ0n) is 17.5. The highest BCUT2D eigenvalue weighted by Crippen LogP contribution is 2.35. The monoisotopic (exact) mass is 405 g/mol. The number of aryl methyl sites for hydroxylation is 1. The maximum Gasteiger partial charge on any atom is 0.240 e. The van der Waals surface area contributed by atoms with Gasteiger partial charge in [0.2, 0.25) is 5.91 Å². The zero-order valence-corrected chi connectivity index (χ0v) is 18.3. The molecule has 0 aromatic carbocycles. The number of nitrogens with one attached hydrogen (secondary N) is 2. The highest BCUT2D eigenvalue weighted by molar-refractivity contribution is 7.13. The van der Waals surface area contributed by atoms with Crippen molar-refractivity contribution in [3.05, 3.63) is 23.2 Å². The van der Waals surface area contributed by atoms with Gasteiger partial charge < -0.3 is 20.3 Å². The van der Waals surface area contributed by atoms with Crippen LogP contribution in [0.4, 0.5) is 0 Å². The molecule has 7 nitrogen and oxygen atoms in total. The van der Waals surface area contributed by atoms with Crippen molar-refractivity contribution in [2.45, 2.75) is 72.2 Å². The van der Waals surface area contributed by atoms with Crippen molar-refractivity contribution < 1.29 is 9.90 Å². The molecule has 0 unspecified atom stereocenters. The van der Waals surface area contributed by atoms with Crippen molar-refractivity contribution in [3.63, 3.8) is 0 Å². The Morgan fingerprint density at radius 2 is 2.14 bits per heavy atom. The molecule has 3 atom stereocenters. The van der Waals surface area contributed by atoms with Crippen molar-refractivity contribution >= 4 is 17.2 Å². The van der Waals surface area contributed by atoms with Crippen LogP contribution in [0.3, 0.4) is 0 Å². The minimum atomic E-state index is -0.549. The number of likely N-dealkylation sites (tertiary alicyclic amines) is 1. The lowest BCUT2D eigenvalue weighted by atomic mass is 9.85. The summed E-state index contributed by atoms with van der Waals surface area (Å²) in [6.45, 7) is 12.5. The van der Waals surface area contributed by atoms with Gasteiger partial charge in [0.25, 0.3) is 0 Å². The lowest BCUT2D eigenvalue weighted by Crippen LogP contribution is -2.55. The van der Waals surface area contributed by atoms with Crippen molar-refractivity contribution in [2.24, 2.45) is 5.41 Å². The summed E-state index contributed by atoms with van der Waals surface area (Å²) >= 11 is 1.55. The van der Waals surface area contributed by atoms with Gasteiger partial charge in [-0.05, 0) is 12.3 Å². The van der Waals surface area contributed by atoms with Crippen molar-refractivity contribution in [3.8, 4) is 10.6 Å². The lowest BCUT2D eigenvalue weighted by molar-refractivity contribution is -0.137. The first-order chi connectivity index (χ1) is 13.1. The fourth-order valence-corrected chi connectivity index (χ4v) is 4.44. The van der Waals surface area contributed by atoms with E-state index >= 15 is 0 Å². The van der Waals surface area contributed by atoms with Gasteiger partial charge in [-0.1, -0.05) is 34.6 Å². The van der Waals surface area contributed by atoms with Crippen LogP contribution in [0.1, 0.15) is 58.6 Å². The fourth-order valence-electron chi connectivity index (χ4n) is 3.68. The van der Waals surface area contributed by atoms with E-state index in [1.165, 1.54) is 0 Å². The number of aromatic amines is 1. The molecule has 1 aliphatic heterocycles. The minimum absolute atomic E-state index is 0.00895. The van der Waals surface area contributed by atoms with E-state index in [1.807, 2.05) is 27.0 Å². The number of aliphatic hydroxyl groups is 1. The Morgan fingerprint density at radius 3 is 2.71 bits per heavy atom. The van der Waals surface area contributed by atoms with Gasteiger partial charge in [-0.15, -0.1) is 11.3 Å². The second-order valence-corrected chi connectivity index (χ2v) is 9.81. The first-order valence-electron chi connectivity index (χ1n) is 9.78. The summed E-state index contributed by atoms with van der Waals surface area (Å²) in [5.41, 5.74) is 3.33. The van der Waals surface area contributed by atoms with Gasteiger partial charge in [0, 0.05) is 25.2 Å². The molecule has 3 N–H and O–H groups in total. The Hall–Kier alpha value is -1.77. The number of carbonyl (C=O) groups is 1. The van der Waals surface area contributed by atoms with E-state index in [2.05, 4.69) is 36.1 Å². The van der Waals surface area contributed by atoms with E-state index < -0.39 is 6.10 Å². The number of nitrogens with zero attached hydrogens (tertiary/aromatic N) is 3. The molecular weight excluding hydrogens is 374 g/mol. The Balaban J connectivity index is 1.88. The highest BCUT2D eigenvalue weighted by Gasteiger charge is 2.42. The van der Waals surface area contributed by atoms with E-state index in [0.717, 1.165) is 16.3 Å². The summed E-state index contributed by atoms with van der Waals surface area (Å²) in [6.07, 6.45) is 1.79. The van der Waals surface area contributed by atoms with E-state index in [1.54, 1.807) is 21.7 Å². The van der Waals surface area contributed by atoms with Crippen LogP contribution in [0.25, 0.3) is 10.6 Å².